The number of thiazole rings is 1. The molecule has 2 aromatic carbocycles. The Morgan fingerprint density at radius 2 is 1.78 bits per heavy atom. The van der Waals surface area contributed by atoms with Gasteiger partial charge in [-0.15, -0.1) is 11.3 Å². The van der Waals surface area contributed by atoms with Gasteiger partial charge in [0, 0.05) is 29.3 Å². The molecule has 9 nitrogen and oxygen atoms in total. The average molecular weight is 493 g/mol. The fourth-order valence-electron chi connectivity index (χ4n) is 4.34. The van der Waals surface area contributed by atoms with Gasteiger partial charge in [0.25, 0.3) is 5.56 Å². The van der Waals surface area contributed by atoms with E-state index < -0.39 is 0 Å². The molecule has 0 aliphatic rings. The van der Waals surface area contributed by atoms with Gasteiger partial charge >= 0.3 is 0 Å². The van der Waals surface area contributed by atoms with E-state index >= 15 is 0 Å². The number of nitrogens with two attached hydrogens (primary N) is 1. The molecule has 36 heavy (non-hydrogen) atoms. The Hall–Kier alpha value is -4.70. The maximum absolute atomic E-state index is 14.2. The fraction of sp³-hybridized carbons (Fsp3) is 0.0769. The molecule has 4 heterocycles. The number of anilines is 2. The van der Waals surface area contributed by atoms with Crippen LogP contribution >= 0.6 is 11.3 Å². The summed E-state index contributed by atoms with van der Waals surface area (Å²) in [5.74, 6) is 0.801. The number of pyridine rings is 1. The highest BCUT2D eigenvalue weighted by Gasteiger charge is 2.20. The van der Waals surface area contributed by atoms with Gasteiger partial charge in [0.05, 0.1) is 16.9 Å². The maximum Gasteiger partial charge on any atom is 0.263 e. The lowest BCUT2D eigenvalue weighted by Gasteiger charge is -2.22. The molecule has 0 aliphatic heterocycles. The minimum Gasteiger partial charge on any atom is -0.368 e. The van der Waals surface area contributed by atoms with E-state index in [2.05, 4.69) is 30.2 Å². The zero-order valence-corrected chi connectivity index (χ0v) is 20.0. The number of fused-ring (bicyclic) bond motifs is 2. The van der Waals surface area contributed by atoms with E-state index in [1.165, 1.54) is 17.7 Å². The highest BCUT2D eigenvalue weighted by molar-refractivity contribution is 7.16. The number of nitrogen functional groups attached to an aromatic ring is 1. The van der Waals surface area contributed by atoms with Gasteiger partial charge in [0.15, 0.2) is 5.82 Å². The zero-order chi connectivity index (χ0) is 24.6. The van der Waals surface area contributed by atoms with Gasteiger partial charge < -0.3 is 11.1 Å². The first-order chi connectivity index (χ1) is 17.6. The molecule has 0 spiro atoms. The van der Waals surface area contributed by atoms with Crippen molar-refractivity contribution in [3.8, 4) is 16.8 Å². The molecule has 1 unspecified atom stereocenters. The second-order valence-electron chi connectivity index (χ2n) is 8.24. The van der Waals surface area contributed by atoms with E-state index in [-0.39, 0.29) is 17.5 Å². The summed E-state index contributed by atoms with van der Waals surface area (Å²) in [6.07, 6.45) is 4.78. The van der Waals surface area contributed by atoms with Crippen LogP contribution in [0.25, 0.3) is 37.9 Å². The molecular formula is C26H20N8OS. The van der Waals surface area contributed by atoms with Gasteiger partial charge in [-0.3, -0.25) is 9.36 Å². The zero-order valence-electron chi connectivity index (χ0n) is 19.2. The second kappa shape index (κ2) is 8.82. The third kappa shape index (κ3) is 3.73. The summed E-state index contributed by atoms with van der Waals surface area (Å²) in [5, 5.41) is 4.83. The van der Waals surface area contributed by atoms with Crippen LogP contribution in [0.4, 0.5) is 11.8 Å². The van der Waals surface area contributed by atoms with E-state index in [1.807, 2.05) is 61.5 Å². The molecule has 6 rings (SSSR count). The van der Waals surface area contributed by atoms with Crippen LogP contribution in [-0.4, -0.2) is 29.5 Å². The lowest BCUT2D eigenvalue weighted by molar-refractivity contribution is 0.774. The first-order valence-electron chi connectivity index (χ1n) is 11.2. The lowest BCUT2D eigenvalue weighted by Crippen LogP contribution is -2.26. The fourth-order valence-corrected chi connectivity index (χ4v) is 4.97. The van der Waals surface area contributed by atoms with E-state index in [0.29, 0.717) is 16.7 Å². The maximum atomic E-state index is 14.2. The number of para-hydroxylation sites is 1. The predicted molar refractivity (Wildman–Crippen MR) is 142 cm³/mol. The molecule has 0 amide bonds. The smallest absolute Gasteiger partial charge is 0.263 e. The molecule has 4 aromatic heterocycles. The summed E-state index contributed by atoms with van der Waals surface area (Å²) in [6, 6.07) is 17.1. The van der Waals surface area contributed by atoms with Gasteiger partial charge in [-0.05, 0) is 36.1 Å². The summed E-state index contributed by atoms with van der Waals surface area (Å²) in [5.41, 5.74) is 11.0. The third-order valence-corrected chi connectivity index (χ3v) is 6.74. The van der Waals surface area contributed by atoms with Crippen LogP contribution < -0.4 is 16.6 Å². The Morgan fingerprint density at radius 3 is 2.58 bits per heavy atom. The molecule has 6 aromatic rings. The number of nitrogens with one attached hydrogen (secondary N) is 1. The van der Waals surface area contributed by atoms with Gasteiger partial charge in [-0.1, -0.05) is 36.4 Å². The number of benzene rings is 2. The summed E-state index contributed by atoms with van der Waals surface area (Å²) in [6.45, 7) is 2.00. The van der Waals surface area contributed by atoms with Crippen molar-refractivity contribution in [2.45, 2.75) is 13.0 Å². The summed E-state index contributed by atoms with van der Waals surface area (Å²) in [7, 11) is 0. The molecule has 176 valence electrons. The molecule has 1 atom stereocenters. The van der Waals surface area contributed by atoms with Crippen molar-refractivity contribution in [2.24, 2.45) is 0 Å². The van der Waals surface area contributed by atoms with Crippen LogP contribution in [0.3, 0.4) is 0 Å². The van der Waals surface area contributed by atoms with Crippen LogP contribution in [0.15, 0.2) is 83.6 Å². The van der Waals surface area contributed by atoms with Crippen LogP contribution in [0.5, 0.6) is 0 Å². The molecule has 0 fully saturated rings. The van der Waals surface area contributed by atoms with Crippen LogP contribution in [0.1, 0.15) is 18.7 Å². The highest BCUT2D eigenvalue weighted by Crippen LogP contribution is 2.30. The lowest BCUT2D eigenvalue weighted by atomic mass is 9.99. The van der Waals surface area contributed by atoms with Gasteiger partial charge in [-0.25, -0.2) is 24.9 Å². The second-order valence-corrected chi connectivity index (χ2v) is 9.07. The Morgan fingerprint density at radius 1 is 0.972 bits per heavy atom. The third-order valence-electron chi connectivity index (χ3n) is 6.00. The molecular weight excluding hydrogens is 472 g/mol. The monoisotopic (exact) mass is 492 g/mol. The summed E-state index contributed by atoms with van der Waals surface area (Å²) in [4.78, 5) is 36.3. The first kappa shape index (κ1) is 21.8. The number of aromatic nitrogens is 6. The number of hydrogen-bond donors (Lipinski definition) is 2. The van der Waals surface area contributed by atoms with Crippen molar-refractivity contribution in [1.82, 2.24) is 29.5 Å². The van der Waals surface area contributed by atoms with Crippen LogP contribution in [-0.2, 0) is 0 Å². The number of nitrogens with zero attached hydrogens (tertiary/aromatic N) is 6. The van der Waals surface area contributed by atoms with Crippen molar-refractivity contribution < 1.29 is 0 Å². The van der Waals surface area contributed by atoms with Gasteiger partial charge in [0.1, 0.15) is 16.7 Å². The largest absolute Gasteiger partial charge is 0.368 e. The van der Waals surface area contributed by atoms with E-state index in [0.717, 1.165) is 32.7 Å². The van der Waals surface area contributed by atoms with E-state index in [4.69, 9.17) is 5.73 Å². The highest BCUT2D eigenvalue weighted by atomic mass is 32.1. The normalized spacial score (nSPS) is 12.1. The molecule has 0 aliphatic carbocycles. The standard InChI is InChI=1S/C26H20N8OS/c1-15(33-23-22-24(31-13-30-23)36-14-32-22)20-10-16-6-5-9-19(17-11-28-26(27)29-12-17)21(16)25(35)34(20)18-7-3-2-4-8-18/h2-15H,1H3,(H2,27,28,29)(H,30,31,33). The van der Waals surface area contributed by atoms with Gasteiger partial charge in [-0.2, -0.15) is 0 Å². The molecule has 0 saturated carbocycles. The summed E-state index contributed by atoms with van der Waals surface area (Å²) >= 11 is 1.45. The topological polar surface area (TPSA) is 124 Å². The van der Waals surface area contributed by atoms with E-state index in [1.54, 1.807) is 22.5 Å². The molecule has 0 saturated heterocycles. The minimum atomic E-state index is -0.273. The SMILES string of the molecule is CC(Nc1ncnc2scnc12)c1cc2cccc(-c3cnc(N)nc3)c2c(=O)n1-c1ccccc1. The van der Waals surface area contributed by atoms with Crippen molar-refractivity contribution in [1.29, 1.82) is 0 Å². The Balaban J connectivity index is 1.57. The average Bonchev–Trinajstić information content (AvgIpc) is 3.39. The molecule has 10 heteroatoms. The van der Waals surface area contributed by atoms with E-state index in [9.17, 15) is 4.79 Å². The quantitative estimate of drug-likeness (QED) is 0.358. The van der Waals surface area contributed by atoms with Gasteiger partial charge in [0.2, 0.25) is 5.95 Å². The molecule has 0 bridgehead atoms. The Labute approximate surface area is 209 Å². The Kier molecular flexibility index (Phi) is 5.34. The minimum absolute atomic E-state index is 0.142. The van der Waals surface area contributed by atoms with Crippen molar-refractivity contribution >= 4 is 44.2 Å². The van der Waals surface area contributed by atoms with Crippen molar-refractivity contribution in [3.63, 3.8) is 0 Å². The van der Waals surface area contributed by atoms with Crippen LogP contribution in [0, 0.1) is 0 Å². The Bertz CT molecular complexity index is 1760. The number of hydrogen-bond acceptors (Lipinski definition) is 9. The molecule has 0 radical (unpaired) electrons. The number of rotatable bonds is 5. The van der Waals surface area contributed by atoms with Crippen molar-refractivity contribution in [2.75, 3.05) is 11.1 Å². The predicted octanol–water partition coefficient (Wildman–Crippen LogP) is 4.60. The van der Waals surface area contributed by atoms with Crippen LogP contribution in [0.2, 0.25) is 0 Å². The first-order valence-corrected chi connectivity index (χ1v) is 12.1. The molecule has 3 N–H and O–H groups in total. The summed E-state index contributed by atoms with van der Waals surface area (Å²) < 4.78 is 1.74. The van der Waals surface area contributed by atoms with Crippen molar-refractivity contribution in [3.05, 3.63) is 94.9 Å².